The van der Waals surface area contributed by atoms with Crippen LogP contribution in [0.3, 0.4) is 0 Å². The van der Waals surface area contributed by atoms with E-state index in [1.165, 1.54) is 5.56 Å². The predicted octanol–water partition coefficient (Wildman–Crippen LogP) is 5.22. The third kappa shape index (κ3) is 17.8. The number of hydrogen-bond donors (Lipinski definition) is 4. The number of alkyl halides is 12. The van der Waals surface area contributed by atoms with Gasteiger partial charge >= 0.3 is 48.6 Å². The van der Waals surface area contributed by atoms with Crippen molar-refractivity contribution >= 4 is 29.4 Å². The SMILES string of the molecule is COc1ccc(-c2ccc3c(C4CN(Cc5cccnc5)CCN4C)nnn3c2)cn1.O=C(O)C(F)(F)F.O=C(O)C(F)(F)F.O=C(O)C(F)(F)F.O=C(O)C(F)(F)F. The number of likely N-dealkylation sites (N-methyl/N-ethyl adjacent to an activating group) is 1. The van der Waals surface area contributed by atoms with E-state index in [4.69, 9.17) is 44.3 Å². The number of halogens is 12. The van der Waals surface area contributed by atoms with Crippen molar-refractivity contribution in [1.29, 1.82) is 0 Å². The van der Waals surface area contributed by atoms with Crippen molar-refractivity contribution in [2.24, 2.45) is 0 Å². The van der Waals surface area contributed by atoms with E-state index in [-0.39, 0.29) is 6.04 Å². The Kier molecular flexibility index (Phi) is 18.4. The largest absolute Gasteiger partial charge is 0.490 e. The maximum absolute atomic E-state index is 10.6. The Hall–Kier alpha value is -6.32. The summed E-state index contributed by atoms with van der Waals surface area (Å²) >= 11 is 0. The van der Waals surface area contributed by atoms with Gasteiger partial charge in [0.15, 0.2) is 0 Å². The van der Waals surface area contributed by atoms with E-state index in [1.54, 1.807) is 7.11 Å². The molecule has 1 saturated heterocycles. The summed E-state index contributed by atoms with van der Waals surface area (Å²) in [7, 11) is 3.78. The summed E-state index contributed by atoms with van der Waals surface area (Å²) < 4.78 is 134. The van der Waals surface area contributed by atoms with E-state index >= 15 is 0 Å². The highest BCUT2D eigenvalue weighted by atomic mass is 19.4. The molecule has 1 aliphatic heterocycles. The van der Waals surface area contributed by atoms with E-state index in [2.05, 4.69) is 55.3 Å². The normalized spacial score (nSPS) is 14.7. The number of fused-ring (bicyclic) bond motifs is 1. The van der Waals surface area contributed by atoms with Crippen LogP contribution in [0, 0.1) is 0 Å². The van der Waals surface area contributed by atoms with Crippen molar-refractivity contribution in [3.8, 4) is 17.0 Å². The summed E-state index contributed by atoms with van der Waals surface area (Å²) in [5.41, 5.74) is 5.32. The quantitative estimate of drug-likeness (QED) is 0.189. The molecule has 0 spiro atoms. The molecule has 59 heavy (non-hydrogen) atoms. The Labute approximate surface area is 321 Å². The van der Waals surface area contributed by atoms with Crippen LogP contribution in [0.5, 0.6) is 5.88 Å². The molecule has 4 aromatic heterocycles. The summed E-state index contributed by atoms with van der Waals surface area (Å²) in [4.78, 5) is 49.0. The molecule has 326 valence electrons. The first-order valence-corrected chi connectivity index (χ1v) is 15.4. The minimum Gasteiger partial charge on any atom is -0.481 e. The first kappa shape index (κ1) is 50.7. The lowest BCUT2D eigenvalue weighted by molar-refractivity contribution is -0.193. The van der Waals surface area contributed by atoms with E-state index in [0.29, 0.717) is 5.88 Å². The van der Waals surface area contributed by atoms with Crippen LogP contribution in [-0.2, 0) is 25.7 Å². The lowest BCUT2D eigenvalue weighted by Gasteiger charge is -2.38. The average Bonchev–Trinajstić information content (AvgIpc) is 3.55. The molecule has 1 aliphatic rings. The number of aromatic nitrogens is 5. The monoisotopic (exact) mass is 871 g/mol. The van der Waals surface area contributed by atoms with Crippen molar-refractivity contribution in [2.75, 3.05) is 33.8 Å². The molecule has 4 aromatic rings. The molecule has 1 fully saturated rings. The maximum Gasteiger partial charge on any atom is 0.490 e. The van der Waals surface area contributed by atoms with Crippen molar-refractivity contribution in [3.05, 3.63) is 72.4 Å². The molecular formula is C31H29F12N7O9. The van der Waals surface area contributed by atoms with Crippen molar-refractivity contribution in [1.82, 2.24) is 34.6 Å². The van der Waals surface area contributed by atoms with E-state index in [1.807, 2.05) is 47.5 Å². The Morgan fingerprint density at radius 2 is 1.22 bits per heavy atom. The van der Waals surface area contributed by atoms with Crippen LogP contribution in [0.4, 0.5) is 52.7 Å². The number of carbonyl (C=O) groups is 4. The summed E-state index contributed by atoms with van der Waals surface area (Å²) in [5, 5.41) is 37.5. The van der Waals surface area contributed by atoms with Gasteiger partial charge in [0.05, 0.1) is 18.7 Å². The fourth-order valence-corrected chi connectivity index (χ4v) is 4.11. The summed E-state index contributed by atoms with van der Waals surface area (Å²) in [6.45, 7) is 3.81. The molecule has 0 bridgehead atoms. The van der Waals surface area contributed by atoms with Crippen LogP contribution < -0.4 is 4.74 Å². The smallest absolute Gasteiger partial charge is 0.481 e. The standard InChI is InChI=1S/C23H25N7O.4C2HF3O2/c1-28-10-11-29(14-17-4-3-9-24-12-17)16-21(28)23-20-7-5-19(15-30(20)27-26-23)18-6-8-22(31-2)25-13-18;4*3-2(4,5)1(6)7/h3-9,12-13,15,21H,10-11,14,16H2,1-2H3;4*(H,6,7). The molecule has 4 N–H and O–H groups in total. The van der Waals surface area contributed by atoms with E-state index < -0.39 is 48.6 Å². The number of aliphatic carboxylic acids is 4. The Morgan fingerprint density at radius 3 is 1.63 bits per heavy atom. The molecule has 1 atom stereocenters. The fourth-order valence-electron chi connectivity index (χ4n) is 4.11. The third-order valence-corrected chi connectivity index (χ3v) is 6.87. The van der Waals surface area contributed by atoms with Gasteiger partial charge in [0.25, 0.3) is 0 Å². The molecule has 16 nitrogen and oxygen atoms in total. The number of rotatable bonds is 5. The van der Waals surface area contributed by atoms with Gasteiger partial charge in [0.1, 0.15) is 5.69 Å². The van der Waals surface area contributed by atoms with Gasteiger partial charge in [0.2, 0.25) is 5.88 Å². The second-order valence-corrected chi connectivity index (χ2v) is 11.1. The van der Waals surface area contributed by atoms with E-state index in [9.17, 15) is 52.7 Å². The predicted molar refractivity (Wildman–Crippen MR) is 172 cm³/mol. The number of piperazine rings is 1. The highest BCUT2D eigenvalue weighted by molar-refractivity contribution is 5.74. The van der Waals surface area contributed by atoms with Gasteiger partial charge in [-0.25, -0.2) is 28.7 Å². The molecule has 0 radical (unpaired) electrons. The highest BCUT2D eigenvalue weighted by Gasteiger charge is 2.40. The molecule has 5 rings (SSSR count). The van der Waals surface area contributed by atoms with Gasteiger partial charge in [-0.3, -0.25) is 14.8 Å². The number of nitrogens with zero attached hydrogens (tertiary/aromatic N) is 7. The lowest BCUT2D eigenvalue weighted by atomic mass is 10.1. The second-order valence-electron chi connectivity index (χ2n) is 11.1. The van der Waals surface area contributed by atoms with Crippen LogP contribution in [0.2, 0.25) is 0 Å². The van der Waals surface area contributed by atoms with Gasteiger partial charge in [-0.05, 0) is 30.8 Å². The van der Waals surface area contributed by atoms with Crippen LogP contribution in [0.15, 0.2) is 61.2 Å². The van der Waals surface area contributed by atoms with Gasteiger partial charge < -0.3 is 25.2 Å². The number of ether oxygens (including phenoxy) is 1. The molecule has 5 heterocycles. The van der Waals surface area contributed by atoms with E-state index in [0.717, 1.165) is 48.5 Å². The zero-order valence-electron chi connectivity index (χ0n) is 29.7. The number of hydrogen-bond acceptors (Lipinski definition) is 11. The third-order valence-electron chi connectivity index (χ3n) is 6.87. The average molecular weight is 872 g/mol. The zero-order valence-corrected chi connectivity index (χ0v) is 29.7. The number of methoxy groups -OCH3 is 1. The van der Waals surface area contributed by atoms with Crippen molar-refractivity contribution in [3.63, 3.8) is 0 Å². The topological polar surface area (TPSA) is 221 Å². The molecule has 0 amide bonds. The van der Waals surface area contributed by atoms with Crippen LogP contribution in [-0.4, -0.2) is 137 Å². The molecule has 28 heteroatoms. The first-order chi connectivity index (χ1) is 27.0. The summed E-state index contributed by atoms with van der Waals surface area (Å²) in [6.07, 6.45) is -12.8. The Morgan fingerprint density at radius 1 is 0.729 bits per heavy atom. The second kappa shape index (κ2) is 21.4. The maximum atomic E-state index is 10.6. The van der Waals surface area contributed by atoms with Crippen LogP contribution in [0.25, 0.3) is 16.6 Å². The molecule has 0 saturated carbocycles. The highest BCUT2D eigenvalue weighted by Crippen LogP contribution is 2.28. The summed E-state index contributed by atoms with van der Waals surface area (Å²) in [5.74, 6) is -10.4. The minimum absolute atomic E-state index is 0.191. The van der Waals surface area contributed by atoms with Gasteiger partial charge in [-0.2, -0.15) is 52.7 Å². The lowest BCUT2D eigenvalue weighted by Crippen LogP contribution is -2.46. The Balaban J connectivity index is 0.000000505. The van der Waals surface area contributed by atoms with Gasteiger partial charge in [-0.1, -0.05) is 17.3 Å². The van der Waals surface area contributed by atoms with Gasteiger partial charge in [0, 0.05) is 68.2 Å². The number of carboxylic acid groups (broad SMARTS) is 4. The molecule has 1 unspecified atom stereocenters. The fraction of sp³-hybridized carbons (Fsp3) is 0.355. The van der Waals surface area contributed by atoms with Crippen molar-refractivity contribution in [2.45, 2.75) is 37.3 Å². The zero-order chi connectivity index (χ0) is 45.5. The number of carboxylic acids is 4. The minimum atomic E-state index is -5.08. The van der Waals surface area contributed by atoms with Gasteiger partial charge in [-0.15, -0.1) is 5.10 Å². The summed E-state index contributed by atoms with van der Waals surface area (Å²) in [6, 6.07) is 12.4. The van der Waals surface area contributed by atoms with Crippen LogP contribution in [0.1, 0.15) is 17.3 Å². The Bertz CT molecular complexity index is 1880. The van der Waals surface area contributed by atoms with Crippen molar-refractivity contribution < 1.29 is 97.0 Å². The first-order valence-electron chi connectivity index (χ1n) is 15.4. The number of pyridine rings is 3. The molecular weight excluding hydrogens is 842 g/mol. The molecule has 0 aromatic carbocycles. The van der Waals surface area contributed by atoms with Crippen LogP contribution >= 0.6 is 0 Å². The molecule has 0 aliphatic carbocycles.